The van der Waals surface area contributed by atoms with Crippen molar-refractivity contribution in [1.82, 2.24) is 4.98 Å². The lowest BCUT2D eigenvalue weighted by molar-refractivity contribution is 0.00578. The van der Waals surface area contributed by atoms with E-state index in [1.165, 1.54) is 12.3 Å². The maximum Gasteiger partial charge on any atom is 0.491 e. The quantitative estimate of drug-likeness (QED) is 0.830. The maximum absolute atomic E-state index is 13.4. The van der Waals surface area contributed by atoms with Crippen LogP contribution in [0.3, 0.4) is 0 Å². The van der Waals surface area contributed by atoms with Gasteiger partial charge in [-0.05, 0) is 44.8 Å². The van der Waals surface area contributed by atoms with Crippen LogP contribution in [0.25, 0.3) is 6.08 Å². The Balaban J connectivity index is 2.28. The molecule has 1 saturated heterocycles. The van der Waals surface area contributed by atoms with Gasteiger partial charge >= 0.3 is 7.12 Å². The third kappa shape index (κ3) is 3.10. The van der Waals surface area contributed by atoms with Gasteiger partial charge in [0.1, 0.15) is 0 Å². The lowest BCUT2D eigenvalue weighted by Crippen LogP contribution is -2.41. The Labute approximate surface area is 124 Å². The Hall–Kier alpha value is -1.44. The minimum atomic E-state index is -0.561. The summed E-state index contributed by atoms with van der Waals surface area (Å²) in [5.41, 5.74) is 11.5. The van der Waals surface area contributed by atoms with Gasteiger partial charge in [0.25, 0.3) is 0 Å². The summed E-state index contributed by atoms with van der Waals surface area (Å²) in [4.78, 5) is 3.79. The smallest absolute Gasteiger partial charge is 0.400 e. The molecule has 1 fully saturated rings. The van der Waals surface area contributed by atoms with E-state index in [0.29, 0.717) is 5.56 Å². The summed E-state index contributed by atoms with van der Waals surface area (Å²) in [7, 11) is -0.555. The van der Waals surface area contributed by atoms with Crippen molar-refractivity contribution in [2.45, 2.75) is 38.9 Å². The zero-order valence-corrected chi connectivity index (χ0v) is 12.8. The van der Waals surface area contributed by atoms with Crippen LogP contribution in [0.2, 0.25) is 0 Å². The average molecular weight is 293 g/mol. The predicted octanol–water partition coefficient (Wildman–Crippen LogP) is 1.78. The van der Waals surface area contributed by atoms with Crippen LogP contribution in [0.4, 0.5) is 10.2 Å². The van der Waals surface area contributed by atoms with Crippen LogP contribution >= 0.6 is 0 Å². The number of hydrogen-bond acceptors (Lipinski definition) is 5. The highest BCUT2D eigenvalue weighted by Gasteiger charge is 2.52. The zero-order valence-electron chi connectivity index (χ0n) is 12.8. The Morgan fingerprint density at radius 1 is 1.33 bits per heavy atom. The Morgan fingerprint density at radius 2 is 1.90 bits per heavy atom. The van der Waals surface area contributed by atoms with Crippen molar-refractivity contribution in [2.75, 3.05) is 12.3 Å². The third-order valence-corrected chi connectivity index (χ3v) is 4.03. The summed E-state index contributed by atoms with van der Waals surface area (Å²) in [6, 6.07) is 1.31. The van der Waals surface area contributed by atoms with Crippen LogP contribution in [0, 0.1) is 5.82 Å². The predicted molar refractivity (Wildman–Crippen MR) is 81.7 cm³/mol. The molecule has 4 N–H and O–H groups in total. The van der Waals surface area contributed by atoms with Crippen molar-refractivity contribution in [1.29, 1.82) is 0 Å². The summed E-state index contributed by atoms with van der Waals surface area (Å²) in [6.07, 6.45) is 3.21. The van der Waals surface area contributed by atoms with Crippen molar-refractivity contribution in [3.63, 3.8) is 0 Å². The molecule has 0 saturated carbocycles. The van der Waals surface area contributed by atoms with Gasteiger partial charge < -0.3 is 20.8 Å². The topological polar surface area (TPSA) is 83.4 Å². The number of aromatic nitrogens is 1. The standard InChI is InChI=1S/C14H21BFN3O2/c1-13(2)14(3,4)21-15(20-13)10(7-17)5-9-6-11(16)12(18)19-8-9/h5-6,8H,7,17H2,1-4H3,(H2,18,19). The molecule has 1 aliphatic heterocycles. The van der Waals surface area contributed by atoms with Crippen molar-refractivity contribution in [2.24, 2.45) is 5.73 Å². The molecule has 0 spiro atoms. The van der Waals surface area contributed by atoms with E-state index in [4.69, 9.17) is 20.8 Å². The number of rotatable bonds is 3. The molecule has 5 nitrogen and oxygen atoms in total. The summed E-state index contributed by atoms with van der Waals surface area (Å²) in [5, 5.41) is 0. The van der Waals surface area contributed by atoms with Gasteiger partial charge in [0.15, 0.2) is 11.6 Å². The Morgan fingerprint density at radius 3 is 2.38 bits per heavy atom. The molecular formula is C14H21BFN3O2. The average Bonchev–Trinajstić information content (AvgIpc) is 2.59. The monoisotopic (exact) mass is 293 g/mol. The molecule has 7 heteroatoms. The van der Waals surface area contributed by atoms with Crippen LogP contribution in [-0.2, 0) is 9.31 Å². The van der Waals surface area contributed by atoms with Crippen LogP contribution in [0.1, 0.15) is 33.3 Å². The lowest BCUT2D eigenvalue weighted by Gasteiger charge is -2.32. The van der Waals surface area contributed by atoms with Gasteiger partial charge in [0.05, 0.1) is 11.2 Å². The summed E-state index contributed by atoms with van der Waals surface area (Å²) in [5.74, 6) is -0.689. The maximum atomic E-state index is 13.4. The molecule has 114 valence electrons. The van der Waals surface area contributed by atoms with E-state index in [2.05, 4.69) is 4.98 Å². The van der Waals surface area contributed by atoms with Crippen LogP contribution in [0.15, 0.2) is 17.7 Å². The van der Waals surface area contributed by atoms with E-state index < -0.39 is 24.1 Å². The molecule has 2 rings (SSSR count). The Bertz CT molecular complexity index is 559. The molecule has 1 aliphatic rings. The molecule has 1 aromatic heterocycles. The highest BCUT2D eigenvalue weighted by Crippen LogP contribution is 2.38. The summed E-state index contributed by atoms with van der Waals surface area (Å²) < 4.78 is 25.3. The molecule has 0 aromatic carbocycles. The largest absolute Gasteiger partial charge is 0.491 e. The summed E-state index contributed by atoms with van der Waals surface area (Å²) >= 11 is 0. The first-order valence-corrected chi connectivity index (χ1v) is 6.83. The molecule has 2 heterocycles. The fourth-order valence-electron chi connectivity index (χ4n) is 1.97. The minimum absolute atomic E-state index is 0.128. The second-order valence-electron chi connectivity index (χ2n) is 6.15. The van der Waals surface area contributed by atoms with Gasteiger partial charge in [-0.25, -0.2) is 9.37 Å². The van der Waals surface area contributed by atoms with Crippen molar-refractivity contribution >= 4 is 19.0 Å². The minimum Gasteiger partial charge on any atom is -0.400 e. The van der Waals surface area contributed by atoms with Gasteiger partial charge in [-0.15, -0.1) is 0 Å². The van der Waals surface area contributed by atoms with E-state index in [1.807, 2.05) is 27.7 Å². The molecular weight excluding hydrogens is 272 g/mol. The number of hydrogen-bond donors (Lipinski definition) is 2. The van der Waals surface area contributed by atoms with Gasteiger partial charge in [0.2, 0.25) is 0 Å². The van der Waals surface area contributed by atoms with Gasteiger partial charge in [0, 0.05) is 12.7 Å². The van der Waals surface area contributed by atoms with Gasteiger partial charge in [-0.1, -0.05) is 6.08 Å². The molecule has 0 amide bonds. The number of anilines is 1. The first-order valence-electron chi connectivity index (χ1n) is 6.83. The fraction of sp³-hybridized carbons (Fsp3) is 0.500. The van der Waals surface area contributed by atoms with E-state index in [-0.39, 0.29) is 12.4 Å². The number of pyridine rings is 1. The third-order valence-electron chi connectivity index (χ3n) is 4.03. The first kappa shape index (κ1) is 15.9. The number of nitrogen functional groups attached to an aromatic ring is 1. The number of nitrogens with two attached hydrogens (primary N) is 2. The normalized spacial score (nSPS) is 20.9. The van der Waals surface area contributed by atoms with Crippen LogP contribution in [-0.4, -0.2) is 29.8 Å². The van der Waals surface area contributed by atoms with E-state index in [0.717, 1.165) is 5.47 Å². The van der Waals surface area contributed by atoms with Crippen LogP contribution < -0.4 is 11.5 Å². The molecule has 21 heavy (non-hydrogen) atoms. The fourth-order valence-corrected chi connectivity index (χ4v) is 1.97. The van der Waals surface area contributed by atoms with Crippen molar-refractivity contribution in [3.05, 3.63) is 29.1 Å². The Kier molecular flexibility index (Phi) is 4.10. The van der Waals surface area contributed by atoms with Gasteiger partial charge in [-0.3, -0.25) is 0 Å². The van der Waals surface area contributed by atoms with Crippen molar-refractivity contribution < 1.29 is 13.7 Å². The van der Waals surface area contributed by atoms with Gasteiger partial charge in [-0.2, -0.15) is 0 Å². The second kappa shape index (κ2) is 5.40. The zero-order chi connectivity index (χ0) is 15.8. The summed E-state index contributed by atoms with van der Waals surface area (Å²) in [6.45, 7) is 8.09. The molecule has 0 atom stereocenters. The van der Waals surface area contributed by atoms with Crippen molar-refractivity contribution in [3.8, 4) is 0 Å². The highest BCUT2D eigenvalue weighted by atomic mass is 19.1. The highest BCUT2D eigenvalue weighted by molar-refractivity contribution is 6.55. The molecule has 0 bridgehead atoms. The first-order chi connectivity index (χ1) is 9.66. The van der Waals surface area contributed by atoms with E-state index in [1.54, 1.807) is 6.08 Å². The van der Waals surface area contributed by atoms with Crippen LogP contribution in [0.5, 0.6) is 0 Å². The number of nitrogens with zero attached hydrogens (tertiary/aromatic N) is 1. The molecule has 0 unspecified atom stereocenters. The van der Waals surface area contributed by atoms with E-state index >= 15 is 0 Å². The molecule has 0 aliphatic carbocycles. The number of halogens is 1. The lowest BCUT2D eigenvalue weighted by atomic mass is 9.77. The molecule has 1 aromatic rings. The SMILES string of the molecule is CC1(C)OB(C(=Cc2cnc(N)c(F)c2)CN)OC1(C)C. The van der Waals surface area contributed by atoms with E-state index in [9.17, 15) is 4.39 Å². The second-order valence-corrected chi connectivity index (χ2v) is 6.15. The molecule has 0 radical (unpaired) electrons.